The Morgan fingerprint density at radius 1 is 1.16 bits per heavy atom. The number of benzene rings is 1. The van der Waals surface area contributed by atoms with Crippen molar-refractivity contribution in [3.8, 4) is 5.69 Å². The molecule has 0 radical (unpaired) electrons. The van der Waals surface area contributed by atoms with Gasteiger partial charge in [0.2, 0.25) is 0 Å². The van der Waals surface area contributed by atoms with E-state index in [1.807, 2.05) is 6.20 Å². The third-order valence-corrected chi connectivity index (χ3v) is 3.45. The number of nitrogens with zero attached hydrogens (tertiary/aromatic N) is 1. The van der Waals surface area contributed by atoms with Crippen LogP contribution in [0.5, 0.6) is 0 Å². The minimum absolute atomic E-state index is 0.0406. The summed E-state index contributed by atoms with van der Waals surface area (Å²) in [5, 5.41) is 0. The lowest BCUT2D eigenvalue weighted by atomic mass is 10.1. The summed E-state index contributed by atoms with van der Waals surface area (Å²) in [5.41, 5.74) is 5.50. The Morgan fingerprint density at radius 3 is 2.37 bits per heavy atom. The van der Waals surface area contributed by atoms with E-state index >= 15 is 0 Å². The number of imidazole rings is 1. The van der Waals surface area contributed by atoms with E-state index < -0.39 is 0 Å². The number of H-pyrrole nitrogens is 1. The number of rotatable bonds is 4. The van der Waals surface area contributed by atoms with Gasteiger partial charge in [0.15, 0.2) is 0 Å². The van der Waals surface area contributed by atoms with Gasteiger partial charge in [-0.15, -0.1) is 0 Å². The van der Waals surface area contributed by atoms with E-state index in [1.54, 1.807) is 4.57 Å². The molecule has 1 heterocycles. The Morgan fingerprint density at radius 2 is 1.79 bits per heavy atom. The number of hydrogen-bond donors (Lipinski definition) is 1. The van der Waals surface area contributed by atoms with E-state index in [2.05, 4.69) is 44.8 Å². The monoisotopic (exact) mass is 258 g/mol. The van der Waals surface area contributed by atoms with E-state index in [4.69, 9.17) is 0 Å². The third kappa shape index (κ3) is 2.80. The van der Waals surface area contributed by atoms with Crippen LogP contribution in [-0.2, 0) is 6.42 Å². The Hall–Kier alpha value is -1.77. The van der Waals surface area contributed by atoms with Crippen LogP contribution in [0.3, 0.4) is 0 Å². The quantitative estimate of drug-likeness (QED) is 0.896. The summed E-state index contributed by atoms with van der Waals surface area (Å²) in [7, 11) is 0. The molecule has 1 N–H and O–H groups in total. The van der Waals surface area contributed by atoms with E-state index in [9.17, 15) is 4.79 Å². The highest BCUT2D eigenvalue weighted by molar-refractivity contribution is 5.49. The lowest BCUT2D eigenvalue weighted by Crippen LogP contribution is -2.16. The van der Waals surface area contributed by atoms with Gasteiger partial charge in [-0.25, -0.2) is 4.79 Å². The Labute approximate surface area is 114 Å². The van der Waals surface area contributed by atoms with E-state index in [0.717, 1.165) is 41.8 Å². The molecule has 0 spiro atoms. The summed E-state index contributed by atoms with van der Waals surface area (Å²) in [4.78, 5) is 15.1. The van der Waals surface area contributed by atoms with Gasteiger partial charge in [0.1, 0.15) is 0 Å². The lowest BCUT2D eigenvalue weighted by molar-refractivity contribution is 0.779. The molecule has 1 aromatic carbocycles. The molecule has 0 saturated carbocycles. The van der Waals surface area contributed by atoms with E-state index in [-0.39, 0.29) is 5.69 Å². The number of aryl methyl sites for hydroxylation is 4. The maximum absolute atomic E-state index is 12.1. The summed E-state index contributed by atoms with van der Waals surface area (Å²) in [6, 6.07) is 4.24. The molecule has 0 fully saturated rings. The van der Waals surface area contributed by atoms with Gasteiger partial charge in [0, 0.05) is 11.9 Å². The predicted molar refractivity (Wildman–Crippen MR) is 79.2 cm³/mol. The second-order valence-electron chi connectivity index (χ2n) is 5.31. The molecule has 0 bridgehead atoms. The van der Waals surface area contributed by atoms with Gasteiger partial charge in [0.25, 0.3) is 0 Å². The van der Waals surface area contributed by atoms with Crippen molar-refractivity contribution >= 4 is 0 Å². The first-order valence-electron chi connectivity index (χ1n) is 6.91. The highest BCUT2D eigenvalue weighted by Crippen LogP contribution is 2.20. The Kier molecular flexibility index (Phi) is 3.93. The Balaban J connectivity index is 2.48. The number of aromatic nitrogens is 2. The van der Waals surface area contributed by atoms with Crippen LogP contribution in [-0.4, -0.2) is 9.55 Å². The smallest absolute Gasteiger partial charge is 0.310 e. The van der Waals surface area contributed by atoms with Crippen LogP contribution in [0.4, 0.5) is 0 Å². The van der Waals surface area contributed by atoms with E-state index in [0.29, 0.717) is 0 Å². The topological polar surface area (TPSA) is 37.8 Å². The molecule has 0 unspecified atom stereocenters. The fourth-order valence-corrected chi connectivity index (χ4v) is 2.66. The lowest BCUT2D eigenvalue weighted by Gasteiger charge is -2.11. The molecule has 0 amide bonds. The molecule has 3 heteroatoms. The summed E-state index contributed by atoms with van der Waals surface area (Å²) >= 11 is 0. The number of unbranched alkanes of at least 4 members (excludes halogenated alkanes) is 1. The SMILES string of the molecule is CCCCc1cn(-c2c(C)cc(C)cc2C)c(=O)[nH]1. The molecule has 0 aliphatic rings. The molecule has 0 aliphatic heterocycles. The standard InChI is InChI=1S/C16H22N2O/c1-5-6-7-14-10-18(16(19)17-14)15-12(3)8-11(2)9-13(15)4/h8-10H,5-7H2,1-4H3,(H,17,19). The van der Waals surface area contributed by atoms with Gasteiger partial charge >= 0.3 is 5.69 Å². The second-order valence-corrected chi connectivity index (χ2v) is 5.31. The first-order chi connectivity index (χ1) is 9.02. The fraction of sp³-hybridized carbons (Fsp3) is 0.438. The highest BCUT2D eigenvalue weighted by atomic mass is 16.1. The van der Waals surface area contributed by atoms with Crippen LogP contribution in [0, 0.1) is 20.8 Å². The van der Waals surface area contributed by atoms with Gasteiger partial charge in [-0.05, 0) is 44.7 Å². The average Bonchev–Trinajstić information content (AvgIpc) is 2.67. The van der Waals surface area contributed by atoms with Crippen LogP contribution in [0.25, 0.3) is 5.69 Å². The summed E-state index contributed by atoms with van der Waals surface area (Å²) < 4.78 is 1.75. The van der Waals surface area contributed by atoms with Crippen LogP contribution in [0.15, 0.2) is 23.1 Å². The minimum Gasteiger partial charge on any atom is -0.310 e. The molecule has 3 nitrogen and oxygen atoms in total. The molecular weight excluding hydrogens is 236 g/mol. The molecule has 2 aromatic rings. The van der Waals surface area contributed by atoms with Crippen LogP contribution in [0.1, 0.15) is 42.1 Å². The van der Waals surface area contributed by atoms with Crippen molar-refractivity contribution in [1.82, 2.24) is 9.55 Å². The van der Waals surface area contributed by atoms with Gasteiger partial charge in [-0.2, -0.15) is 0 Å². The van der Waals surface area contributed by atoms with Crippen molar-refractivity contribution in [3.05, 3.63) is 51.2 Å². The van der Waals surface area contributed by atoms with Gasteiger partial charge in [-0.3, -0.25) is 4.57 Å². The maximum Gasteiger partial charge on any atom is 0.330 e. The summed E-state index contributed by atoms with van der Waals surface area (Å²) in [5.74, 6) is 0. The van der Waals surface area contributed by atoms with Crippen molar-refractivity contribution in [2.45, 2.75) is 47.0 Å². The molecule has 1 aromatic heterocycles. The molecule has 0 atom stereocenters. The number of nitrogens with one attached hydrogen (secondary N) is 1. The Bertz CT molecular complexity index is 611. The molecule has 19 heavy (non-hydrogen) atoms. The minimum atomic E-state index is -0.0406. The van der Waals surface area contributed by atoms with Crippen molar-refractivity contribution in [1.29, 1.82) is 0 Å². The fourth-order valence-electron chi connectivity index (χ4n) is 2.66. The number of hydrogen-bond acceptors (Lipinski definition) is 1. The molecule has 102 valence electrons. The second kappa shape index (κ2) is 5.47. The van der Waals surface area contributed by atoms with Crippen molar-refractivity contribution < 1.29 is 0 Å². The first-order valence-corrected chi connectivity index (χ1v) is 6.91. The molecule has 0 saturated heterocycles. The molecular formula is C16H22N2O. The van der Waals surface area contributed by atoms with Gasteiger partial charge in [-0.1, -0.05) is 31.0 Å². The normalized spacial score (nSPS) is 10.9. The van der Waals surface area contributed by atoms with Crippen molar-refractivity contribution in [3.63, 3.8) is 0 Å². The molecule has 0 aliphatic carbocycles. The first kappa shape index (κ1) is 13.7. The van der Waals surface area contributed by atoms with Crippen LogP contribution >= 0.6 is 0 Å². The van der Waals surface area contributed by atoms with Crippen molar-refractivity contribution in [2.24, 2.45) is 0 Å². The largest absolute Gasteiger partial charge is 0.330 e. The van der Waals surface area contributed by atoms with Crippen LogP contribution in [0.2, 0.25) is 0 Å². The molecule has 2 rings (SSSR count). The number of aromatic amines is 1. The zero-order valence-corrected chi connectivity index (χ0v) is 12.2. The van der Waals surface area contributed by atoms with Crippen molar-refractivity contribution in [2.75, 3.05) is 0 Å². The zero-order valence-electron chi connectivity index (χ0n) is 12.2. The maximum atomic E-state index is 12.1. The highest BCUT2D eigenvalue weighted by Gasteiger charge is 2.10. The van der Waals surface area contributed by atoms with Crippen LogP contribution < -0.4 is 5.69 Å². The summed E-state index contributed by atoms with van der Waals surface area (Å²) in [6.07, 6.45) is 5.12. The zero-order chi connectivity index (χ0) is 14.0. The van der Waals surface area contributed by atoms with E-state index in [1.165, 1.54) is 5.56 Å². The van der Waals surface area contributed by atoms with Gasteiger partial charge in [0.05, 0.1) is 5.69 Å². The predicted octanol–water partition coefficient (Wildman–Crippen LogP) is 3.43. The van der Waals surface area contributed by atoms with Gasteiger partial charge < -0.3 is 4.98 Å². The average molecular weight is 258 g/mol. The third-order valence-electron chi connectivity index (χ3n) is 3.45. The summed E-state index contributed by atoms with van der Waals surface area (Å²) in [6.45, 7) is 8.35.